The molecule has 0 radical (unpaired) electrons. The number of rotatable bonds is 9. The minimum Gasteiger partial charge on any atom is -0.306 e. The number of fused-ring (bicyclic) bond motifs is 15. The van der Waals surface area contributed by atoms with Crippen molar-refractivity contribution < 1.29 is 0 Å². The predicted octanol–water partition coefficient (Wildman–Crippen LogP) is 24.0. The summed E-state index contributed by atoms with van der Waals surface area (Å²) < 4.78 is 11.1. The molecule has 0 aliphatic rings. The van der Waals surface area contributed by atoms with Crippen LogP contribution in [0.15, 0.2) is 328 Å². The molecule has 14 aromatic carbocycles. The normalized spacial score (nSPS) is 11.9. The van der Waals surface area contributed by atoms with Crippen LogP contribution in [0.5, 0.6) is 0 Å². The highest BCUT2D eigenvalue weighted by Gasteiger charge is 2.37. The van der Waals surface area contributed by atoms with Crippen molar-refractivity contribution in [2.45, 2.75) is 0 Å². The lowest BCUT2D eigenvalue weighted by Gasteiger charge is -2.29. The van der Waals surface area contributed by atoms with Gasteiger partial charge in [0, 0.05) is 75.9 Å². The van der Waals surface area contributed by atoms with Crippen LogP contribution in [0.1, 0.15) is 5.56 Å². The molecule has 0 bridgehead atoms. The molecule has 0 aliphatic heterocycles. The quantitative estimate of drug-likeness (QED) is 0.145. The van der Waals surface area contributed by atoms with Crippen molar-refractivity contribution in [1.29, 1.82) is 5.26 Å². The van der Waals surface area contributed by atoms with Gasteiger partial charge < -0.3 is 18.3 Å². The van der Waals surface area contributed by atoms with Gasteiger partial charge in [-0.15, -0.1) is 11.3 Å². The molecule has 0 saturated heterocycles. The fraction of sp³-hybridized carbons (Fsp3) is 0. The number of aromatic nitrogens is 5. The third kappa shape index (κ3) is 7.97. The van der Waals surface area contributed by atoms with Crippen LogP contribution in [0.4, 0.5) is 0 Å². The van der Waals surface area contributed by atoms with Crippen molar-refractivity contribution in [3.05, 3.63) is 333 Å². The number of benzene rings is 14. The van der Waals surface area contributed by atoms with E-state index in [1.54, 1.807) is 11.3 Å². The third-order valence-electron chi connectivity index (χ3n) is 20.1. The lowest BCUT2D eigenvalue weighted by atomic mass is 9.92. The summed E-state index contributed by atoms with van der Waals surface area (Å²) in [5.41, 5.74) is 22.4. The maximum absolute atomic E-state index is 13.7. The van der Waals surface area contributed by atoms with Crippen molar-refractivity contribution >= 4 is 119 Å². The summed E-state index contributed by atoms with van der Waals surface area (Å²) >= 11 is 1.73. The van der Waals surface area contributed by atoms with E-state index < -0.39 is 0 Å². The van der Waals surface area contributed by atoms with Crippen molar-refractivity contribution in [2.75, 3.05) is 0 Å². The molecule has 0 fully saturated rings. The first-order valence-corrected chi connectivity index (χ1v) is 33.7. The molecule has 20 aromatic rings. The smallest absolute Gasteiger partial charge is 0.124 e. The molecule has 0 N–H and O–H groups in total. The monoisotopic (exact) mass is 1250 g/mol. The summed E-state index contributed by atoms with van der Waals surface area (Å²) in [4.78, 5) is 6.09. The van der Waals surface area contributed by atoms with Gasteiger partial charge >= 0.3 is 0 Å². The van der Waals surface area contributed by atoms with Crippen LogP contribution in [0, 0.1) is 11.3 Å². The SMILES string of the molecule is N#Cc1c(-n2c3ccccc3c3c(-c4ccccc4)cccc32)c(-n2c3ccccc3c3c(-c4ccccc4)cccc32)c(-c2cccc3c2sc2ncccc23)c(-n2c3ccccc3c3c(-c4ccccc4)cccc32)c1-n1c2ccccc2c2c(-c3ccccc3)cccc21. The Balaban J connectivity index is 1.12. The number of nitriles is 1. The van der Waals surface area contributed by atoms with E-state index in [1.807, 2.05) is 6.20 Å². The van der Waals surface area contributed by atoms with E-state index in [0.717, 1.165) is 186 Å². The average Bonchev–Trinajstić information content (AvgIpc) is 1.58. The van der Waals surface area contributed by atoms with Crippen LogP contribution < -0.4 is 0 Å². The van der Waals surface area contributed by atoms with E-state index in [-0.39, 0.29) is 0 Å². The molecule has 0 amide bonds. The van der Waals surface area contributed by atoms with Crippen LogP contribution in [0.3, 0.4) is 0 Å². The minimum atomic E-state index is 0.495. The fourth-order valence-corrected chi connectivity index (χ4v) is 17.4. The molecule has 7 heteroatoms. The van der Waals surface area contributed by atoms with Gasteiger partial charge in [-0.3, -0.25) is 0 Å². The topological polar surface area (TPSA) is 56.4 Å². The Morgan fingerprint density at radius 2 is 0.546 bits per heavy atom. The highest BCUT2D eigenvalue weighted by atomic mass is 32.1. The third-order valence-corrected chi connectivity index (χ3v) is 21.2. The second kappa shape index (κ2) is 21.6. The summed E-state index contributed by atoms with van der Waals surface area (Å²) in [5, 5.41) is 24.6. The molecule has 0 atom stereocenters. The molecule has 450 valence electrons. The molecule has 6 aromatic heterocycles. The van der Waals surface area contributed by atoms with Crippen molar-refractivity contribution in [3.8, 4) is 84.5 Å². The Hall–Kier alpha value is -12.9. The number of pyridine rings is 1. The Bertz CT molecular complexity index is 6340. The number of nitrogens with zero attached hydrogens (tertiary/aromatic N) is 6. The minimum absolute atomic E-state index is 0.495. The molecule has 0 saturated carbocycles. The number of hydrogen-bond acceptors (Lipinski definition) is 3. The Kier molecular flexibility index (Phi) is 12.2. The van der Waals surface area contributed by atoms with Gasteiger partial charge in [-0.05, 0) is 105 Å². The number of thiophene rings is 1. The molecule has 20 rings (SSSR count). The van der Waals surface area contributed by atoms with E-state index in [1.165, 1.54) is 0 Å². The van der Waals surface area contributed by atoms with Crippen LogP contribution in [0.2, 0.25) is 0 Å². The Morgan fingerprint density at radius 3 is 0.907 bits per heavy atom. The van der Waals surface area contributed by atoms with Gasteiger partial charge in [0.2, 0.25) is 0 Å². The van der Waals surface area contributed by atoms with Gasteiger partial charge in [-0.2, -0.15) is 5.26 Å². The predicted molar refractivity (Wildman–Crippen MR) is 406 cm³/mol. The van der Waals surface area contributed by atoms with Gasteiger partial charge in [0.15, 0.2) is 0 Å². The second-order valence-electron chi connectivity index (χ2n) is 25.1. The molecule has 97 heavy (non-hydrogen) atoms. The average molecular weight is 1250 g/mol. The summed E-state index contributed by atoms with van der Waals surface area (Å²) in [6.07, 6.45) is 1.91. The maximum Gasteiger partial charge on any atom is 0.124 e. The number of hydrogen-bond donors (Lipinski definition) is 0. The van der Waals surface area contributed by atoms with E-state index in [0.29, 0.717) is 5.56 Å². The van der Waals surface area contributed by atoms with E-state index in [2.05, 4.69) is 346 Å². The summed E-state index contributed by atoms with van der Waals surface area (Å²) in [6.45, 7) is 0. The van der Waals surface area contributed by atoms with Gasteiger partial charge in [-0.1, -0.05) is 261 Å². The summed E-state index contributed by atoms with van der Waals surface area (Å²) in [6, 6.07) is 120. The van der Waals surface area contributed by atoms with Gasteiger partial charge in [0.05, 0.1) is 66.9 Å². The van der Waals surface area contributed by atoms with Crippen molar-refractivity contribution in [1.82, 2.24) is 23.3 Å². The molecule has 0 spiro atoms. The maximum atomic E-state index is 13.7. The zero-order valence-electron chi connectivity index (χ0n) is 52.3. The first-order valence-electron chi connectivity index (χ1n) is 32.9. The van der Waals surface area contributed by atoms with E-state index in [9.17, 15) is 5.26 Å². The van der Waals surface area contributed by atoms with Crippen LogP contribution >= 0.6 is 11.3 Å². The molecular formula is C90H54N6S. The Labute approximate surface area is 561 Å². The van der Waals surface area contributed by atoms with Gasteiger partial charge in [-0.25, -0.2) is 4.98 Å². The molecule has 0 aliphatic carbocycles. The first kappa shape index (κ1) is 54.7. The highest BCUT2D eigenvalue weighted by Crippen LogP contribution is 2.56. The summed E-state index contributed by atoms with van der Waals surface area (Å²) in [7, 11) is 0. The van der Waals surface area contributed by atoms with E-state index >= 15 is 0 Å². The van der Waals surface area contributed by atoms with Gasteiger partial charge in [0.1, 0.15) is 16.5 Å². The molecule has 6 nitrogen and oxygen atoms in total. The summed E-state index contributed by atoms with van der Waals surface area (Å²) in [5.74, 6) is 0. The molecule has 6 heterocycles. The fourth-order valence-electron chi connectivity index (χ4n) is 16.2. The van der Waals surface area contributed by atoms with Crippen LogP contribution in [-0.4, -0.2) is 23.3 Å². The standard InChI is InChI=1S/C90H54N6S/c91-55-71-85(93-72-46-17-13-35-66(72)80-60(39-22-50-76(80)93)56-27-5-1-6-28-56)87(95-74-48-19-15-37-68(74)82-62(41-24-52-78(82)95)58-31-9-3-10-32-58)84(70-44-21-43-64-65-45-26-54-92-90(65)97-89(64)70)88(96-75-49-20-16-38-69(75)83-63(42-25-53-79(83)96)59-33-11-4-12-34-59)86(71)94-73-47-18-14-36-67(73)81-61(40-23-51-77(81)94)57-29-7-2-8-30-57/h1-54H. The van der Waals surface area contributed by atoms with Crippen LogP contribution in [0.25, 0.3) is 186 Å². The highest BCUT2D eigenvalue weighted by molar-refractivity contribution is 7.26. The van der Waals surface area contributed by atoms with E-state index in [4.69, 9.17) is 4.98 Å². The van der Waals surface area contributed by atoms with Crippen molar-refractivity contribution in [3.63, 3.8) is 0 Å². The van der Waals surface area contributed by atoms with Crippen molar-refractivity contribution in [2.24, 2.45) is 0 Å². The Morgan fingerprint density at radius 1 is 0.258 bits per heavy atom. The molecular weight excluding hydrogens is 1200 g/mol. The zero-order valence-corrected chi connectivity index (χ0v) is 53.1. The number of para-hydroxylation sites is 4. The largest absolute Gasteiger partial charge is 0.306 e. The first-order chi connectivity index (χ1) is 48.2. The molecule has 0 unspecified atom stereocenters. The lowest BCUT2D eigenvalue weighted by molar-refractivity contribution is 1.04. The zero-order chi connectivity index (χ0) is 63.8. The lowest BCUT2D eigenvalue weighted by Crippen LogP contribution is -2.16. The second-order valence-corrected chi connectivity index (χ2v) is 26.1. The van der Waals surface area contributed by atoms with Crippen LogP contribution in [-0.2, 0) is 0 Å². The van der Waals surface area contributed by atoms with Gasteiger partial charge in [0.25, 0.3) is 0 Å².